The summed E-state index contributed by atoms with van der Waals surface area (Å²) >= 11 is 1.62. The molecule has 9 heteroatoms. The molecular weight excluding hydrogens is 398 g/mol. The lowest BCUT2D eigenvalue weighted by atomic mass is 10.1. The summed E-state index contributed by atoms with van der Waals surface area (Å²) in [5, 5.41) is 5.89. The van der Waals surface area contributed by atoms with Crippen LogP contribution in [0.1, 0.15) is 19.3 Å². The maximum absolute atomic E-state index is 13.0. The largest absolute Gasteiger partial charge is 0.341 e. The van der Waals surface area contributed by atoms with Crippen LogP contribution in [-0.4, -0.2) is 48.3 Å². The average Bonchev–Trinajstić information content (AvgIpc) is 3.34. The van der Waals surface area contributed by atoms with Crippen molar-refractivity contribution in [1.29, 1.82) is 0 Å². The number of carbonyl (C=O) groups excluding carboxylic acids is 2. The maximum Gasteiger partial charge on any atom is 0.244 e. The van der Waals surface area contributed by atoms with E-state index in [2.05, 4.69) is 17.2 Å². The summed E-state index contributed by atoms with van der Waals surface area (Å²) in [5.74, 6) is 0.130. The highest BCUT2D eigenvalue weighted by Crippen LogP contribution is 2.43. The van der Waals surface area contributed by atoms with Gasteiger partial charge >= 0.3 is 0 Å². The molecule has 1 saturated carbocycles. The van der Waals surface area contributed by atoms with Crippen molar-refractivity contribution in [2.24, 2.45) is 11.8 Å². The van der Waals surface area contributed by atoms with Gasteiger partial charge in [-0.2, -0.15) is 4.31 Å². The van der Waals surface area contributed by atoms with Gasteiger partial charge in [0.2, 0.25) is 21.8 Å². The highest BCUT2D eigenvalue weighted by Gasteiger charge is 2.45. The van der Waals surface area contributed by atoms with Gasteiger partial charge in [-0.05, 0) is 55.5 Å². The van der Waals surface area contributed by atoms with Crippen molar-refractivity contribution in [2.45, 2.75) is 34.8 Å². The molecule has 7 nitrogen and oxygen atoms in total. The molecule has 150 valence electrons. The van der Waals surface area contributed by atoms with Crippen LogP contribution in [0.25, 0.3) is 0 Å². The molecule has 3 atom stereocenters. The molecule has 0 bridgehead atoms. The van der Waals surface area contributed by atoms with E-state index in [1.54, 1.807) is 36.0 Å². The van der Waals surface area contributed by atoms with Crippen molar-refractivity contribution in [2.75, 3.05) is 18.4 Å². The maximum atomic E-state index is 13.0. The van der Waals surface area contributed by atoms with Gasteiger partial charge in [-0.15, -0.1) is 11.8 Å². The first kappa shape index (κ1) is 19.5. The molecule has 4 rings (SSSR count). The average molecular weight is 422 g/mol. The zero-order valence-electron chi connectivity index (χ0n) is 15.3. The molecule has 0 aromatic heterocycles. The van der Waals surface area contributed by atoms with E-state index >= 15 is 0 Å². The lowest BCUT2D eigenvalue weighted by Gasteiger charge is -2.19. The number of hydrogen-bond donors (Lipinski definition) is 2. The van der Waals surface area contributed by atoms with Gasteiger partial charge in [-0.1, -0.05) is 6.58 Å². The molecule has 0 radical (unpaired) electrons. The summed E-state index contributed by atoms with van der Waals surface area (Å²) in [7, 11) is -3.57. The number of amides is 2. The molecule has 2 saturated heterocycles. The summed E-state index contributed by atoms with van der Waals surface area (Å²) in [4.78, 5) is 23.5. The van der Waals surface area contributed by atoms with Gasteiger partial charge in [0.1, 0.15) is 0 Å². The quantitative estimate of drug-likeness (QED) is 0.683. The van der Waals surface area contributed by atoms with Gasteiger partial charge < -0.3 is 10.6 Å². The number of carbonyl (C=O) groups is 2. The smallest absolute Gasteiger partial charge is 0.244 e. The summed E-state index contributed by atoms with van der Waals surface area (Å²) < 4.78 is 27.5. The SMILES string of the molecule is C=CC(=O)NC1CC2CN(S(=O)(=O)c3ccc(NC(=O)C4CC4)cc3)CC2S1. The number of sulfonamides is 1. The minimum absolute atomic E-state index is 0.00176. The Labute approximate surface area is 169 Å². The minimum Gasteiger partial charge on any atom is -0.341 e. The van der Waals surface area contributed by atoms with E-state index in [0.29, 0.717) is 18.8 Å². The molecular formula is C19H23N3O4S2. The Morgan fingerprint density at radius 1 is 1.18 bits per heavy atom. The highest BCUT2D eigenvalue weighted by molar-refractivity contribution is 8.00. The van der Waals surface area contributed by atoms with Crippen LogP contribution in [0.5, 0.6) is 0 Å². The lowest BCUT2D eigenvalue weighted by molar-refractivity contribution is -0.117. The Morgan fingerprint density at radius 3 is 2.50 bits per heavy atom. The molecule has 2 N–H and O–H groups in total. The predicted octanol–water partition coefficient (Wildman–Crippen LogP) is 1.79. The summed E-state index contributed by atoms with van der Waals surface area (Å²) in [6.45, 7) is 4.36. The van der Waals surface area contributed by atoms with Gasteiger partial charge in [0.25, 0.3) is 0 Å². The standard InChI is InChI=1S/C19H23N3O4S2/c1-2-17(23)21-18-9-13-10-22(11-16(13)27-18)28(25,26)15-7-5-14(6-8-15)20-19(24)12-3-4-12/h2,5-8,12-13,16,18H,1,3-4,9-11H2,(H,20,24)(H,21,23). The van der Waals surface area contributed by atoms with Crippen molar-refractivity contribution in [1.82, 2.24) is 9.62 Å². The molecule has 3 fully saturated rings. The zero-order chi connectivity index (χ0) is 19.9. The number of benzene rings is 1. The Balaban J connectivity index is 1.37. The van der Waals surface area contributed by atoms with Crippen LogP contribution < -0.4 is 10.6 Å². The second kappa shape index (κ2) is 7.53. The number of rotatable bonds is 6. The van der Waals surface area contributed by atoms with E-state index in [9.17, 15) is 18.0 Å². The van der Waals surface area contributed by atoms with Crippen LogP contribution in [0.15, 0.2) is 41.8 Å². The number of anilines is 1. The molecule has 3 unspecified atom stereocenters. The highest BCUT2D eigenvalue weighted by atomic mass is 32.2. The van der Waals surface area contributed by atoms with Gasteiger partial charge in [0.05, 0.1) is 10.3 Å². The van der Waals surface area contributed by atoms with Crippen LogP contribution in [-0.2, 0) is 19.6 Å². The van der Waals surface area contributed by atoms with Gasteiger partial charge in [-0.25, -0.2) is 8.42 Å². The van der Waals surface area contributed by atoms with Crippen LogP contribution >= 0.6 is 11.8 Å². The van der Waals surface area contributed by atoms with E-state index in [4.69, 9.17) is 0 Å². The molecule has 28 heavy (non-hydrogen) atoms. The molecule has 1 aromatic carbocycles. The van der Waals surface area contributed by atoms with Crippen LogP contribution in [0, 0.1) is 11.8 Å². The second-order valence-corrected chi connectivity index (χ2v) is 10.9. The van der Waals surface area contributed by atoms with Crippen LogP contribution in [0.4, 0.5) is 5.69 Å². The minimum atomic E-state index is -3.57. The molecule has 3 aliphatic rings. The third kappa shape index (κ3) is 3.97. The number of hydrogen-bond acceptors (Lipinski definition) is 5. The van der Waals surface area contributed by atoms with Crippen molar-refractivity contribution in [3.8, 4) is 0 Å². The fourth-order valence-electron chi connectivity index (χ4n) is 3.68. The second-order valence-electron chi connectivity index (χ2n) is 7.48. The van der Waals surface area contributed by atoms with Gasteiger partial charge in [-0.3, -0.25) is 9.59 Å². The fraction of sp³-hybridized carbons (Fsp3) is 0.474. The molecule has 2 aliphatic heterocycles. The van der Waals surface area contributed by atoms with Crippen molar-refractivity contribution >= 4 is 39.3 Å². The van der Waals surface area contributed by atoms with Gasteiger partial charge in [0, 0.05) is 29.9 Å². The van der Waals surface area contributed by atoms with E-state index in [1.165, 1.54) is 10.4 Å². The number of nitrogens with zero attached hydrogens (tertiary/aromatic N) is 1. The number of nitrogens with one attached hydrogen (secondary N) is 2. The summed E-state index contributed by atoms with van der Waals surface area (Å²) in [6, 6.07) is 6.37. The molecule has 2 amide bonds. The molecule has 2 heterocycles. The zero-order valence-corrected chi connectivity index (χ0v) is 17.0. The fourth-order valence-corrected chi connectivity index (χ4v) is 6.95. The Bertz CT molecular complexity index is 882. The molecule has 1 aliphatic carbocycles. The Hall–Kier alpha value is -1.84. The van der Waals surface area contributed by atoms with Crippen molar-refractivity contribution in [3.05, 3.63) is 36.9 Å². The first-order valence-corrected chi connectivity index (χ1v) is 11.7. The Kier molecular flexibility index (Phi) is 5.24. The summed E-state index contributed by atoms with van der Waals surface area (Å²) in [5.41, 5.74) is 0.616. The van der Waals surface area contributed by atoms with E-state index < -0.39 is 10.0 Å². The first-order chi connectivity index (χ1) is 13.4. The topological polar surface area (TPSA) is 95.6 Å². The lowest BCUT2D eigenvalue weighted by Crippen LogP contribution is -2.33. The van der Waals surface area contributed by atoms with Gasteiger partial charge in [0.15, 0.2) is 0 Å². The van der Waals surface area contributed by atoms with E-state index in [0.717, 1.165) is 19.3 Å². The monoisotopic (exact) mass is 421 g/mol. The third-order valence-corrected chi connectivity index (χ3v) is 8.77. The van der Waals surface area contributed by atoms with Crippen molar-refractivity contribution in [3.63, 3.8) is 0 Å². The van der Waals surface area contributed by atoms with E-state index in [-0.39, 0.29) is 39.2 Å². The number of fused-ring (bicyclic) bond motifs is 1. The molecule has 0 spiro atoms. The van der Waals surface area contributed by atoms with Crippen molar-refractivity contribution < 1.29 is 18.0 Å². The van der Waals surface area contributed by atoms with E-state index in [1.807, 2.05) is 0 Å². The predicted molar refractivity (Wildman–Crippen MR) is 108 cm³/mol. The van der Waals surface area contributed by atoms with Crippen LogP contribution in [0.2, 0.25) is 0 Å². The van der Waals surface area contributed by atoms with Crippen LogP contribution in [0.3, 0.4) is 0 Å². The third-order valence-electron chi connectivity index (χ3n) is 5.40. The first-order valence-electron chi connectivity index (χ1n) is 9.36. The normalized spacial score (nSPS) is 27.2. The summed E-state index contributed by atoms with van der Waals surface area (Å²) in [6.07, 6.45) is 3.85. The number of thioether (sulfide) groups is 1. The molecule has 1 aromatic rings. The Morgan fingerprint density at radius 2 is 1.89 bits per heavy atom.